The molecule has 0 saturated carbocycles. The molecule has 0 saturated heterocycles. The zero-order valence-electron chi connectivity index (χ0n) is 13.3. The van der Waals surface area contributed by atoms with Crippen LogP contribution in [0.4, 0.5) is 5.69 Å². The second-order valence-corrected chi connectivity index (χ2v) is 5.01. The van der Waals surface area contributed by atoms with Crippen molar-refractivity contribution < 1.29 is 14.0 Å². The average Bonchev–Trinajstić information content (AvgIpc) is 3.06. The Morgan fingerprint density at radius 2 is 1.78 bits per heavy atom. The first kappa shape index (κ1) is 16.8. The van der Waals surface area contributed by atoms with Crippen LogP contribution in [0.1, 0.15) is 40.3 Å². The zero-order chi connectivity index (χ0) is 16.8. The van der Waals surface area contributed by atoms with E-state index in [2.05, 4.69) is 5.32 Å². The number of nitrogens with two attached hydrogens (primary N) is 1. The summed E-state index contributed by atoms with van der Waals surface area (Å²) in [5.74, 6) is 0.252. The fourth-order valence-corrected chi connectivity index (χ4v) is 2.20. The first-order valence-electron chi connectivity index (χ1n) is 7.57. The van der Waals surface area contributed by atoms with Gasteiger partial charge in [0.1, 0.15) is 12.0 Å². The van der Waals surface area contributed by atoms with Crippen LogP contribution < -0.4 is 11.1 Å². The van der Waals surface area contributed by atoms with Crippen molar-refractivity contribution in [2.24, 2.45) is 5.73 Å². The van der Waals surface area contributed by atoms with E-state index in [-0.39, 0.29) is 18.4 Å². The third-order valence-electron chi connectivity index (χ3n) is 3.56. The summed E-state index contributed by atoms with van der Waals surface area (Å²) >= 11 is 0. The maximum atomic E-state index is 12.2. The molecule has 122 valence electrons. The Balaban J connectivity index is 2.05. The number of carbonyl (C=O) groups excluding carboxylic acids is 2. The first-order valence-corrected chi connectivity index (χ1v) is 7.57. The van der Waals surface area contributed by atoms with Crippen LogP contribution in [0.25, 0.3) is 0 Å². The lowest BCUT2D eigenvalue weighted by Gasteiger charge is -2.18. The van der Waals surface area contributed by atoms with Gasteiger partial charge in [0.15, 0.2) is 0 Å². The highest BCUT2D eigenvalue weighted by atomic mass is 16.3. The predicted molar refractivity (Wildman–Crippen MR) is 88.2 cm³/mol. The van der Waals surface area contributed by atoms with Gasteiger partial charge in [-0.2, -0.15) is 0 Å². The molecule has 1 aromatic heterocycles. The van der Waals surface area contributed by atoms with Crippen molar-refractivity contribution in [3.63, 3.8) is 0 Å². The van der Waals surface area contributed by atoms with Gasteiger partial charge in [-0.3, -0.25) is 9.59 Å². The summed E-state index contributed by atoms with van der Waals surface area (Å²) in [6.07, 6.45) is 1.37. The number of anilines is 1. The van der Waals surface area contributed by atoms with Gasteiger partial charge in [-0.25, -0.2) is 0 Å². The quantitative estimate of drug-likeness (QED) is 0.857. The largest absolute Gasteiger partial charge is 0.467 e. The van der Waals surface area contributed by atoms with E-state index >= 15 is 0 Å². The Morgan fingerprint density at radius 1 is 1.13 bits per heavy atom. The van der Waals surface area contributed by atoms with E-state index < -0.39 is 0 Å². The van der Waals surface area contributed by atoms with Gasteiger partial charge in [0.05, 0.1) is 12.1 Å². The Kier molecular flexibility index (Phi) is 5.54. The number of furan rings is 1. The van der Waals surface area contributed by atoms with E-state index in [9.17, 15) is 9.59 Å². The molecule has 1 aromatic carbocycles. The van der Waals surface area contributed by atoms with E-state index in [0.29, 0.717) is 35.7 Å². The summed E-state index contributed by atoms with van der Waals surface area (Å²) in [4.78, 5) is 26.0. The molecule has 0 aliphatic rings. The molecule has 0 unspecified atom stereocenters. The van der Waals surface area contributed by atoms with Crippen LogP contribution in [-0.4, -0.2) is 29.8 Å². The van der Waals surface area contributed by atoms with Gasteiger partial charge < -0.3 is 20.4 Å². The molecule has 3 N–H and O–H groups in total. The number of hydrogen-bond donors (Lipinski definition) is 2. The topological polar surface area (TPSA) is 88.6 Å². The number of rotatable bonds is 6. The lowest BCUT2D eigenvalue weighted by molar-refractivity contribution is 0.0773. The van der Waals surface area contributed by atoms with E-state index in [0.717, 1.165) is 0 Å². The Bertz CT molecular complexity index is 673. The van der Waals surface area contributed by atoms with Crippen molar-refractivity contribution in [1.82, 2.24) is 4.90 Å². The second-order valence-electron chi connectivity index (χ2n) is 5.01. The average molecular weight is 315 g/mol. The fraction of sp³-hybridized carbons (Fsp3) is 0.294. The minimum absolute atomic E-state index is 0.0182. The van der Waals surface area contributed by atoms with Crippen molar-refractivity contribution in [3.05, 3.63) is 53.5 Å². The highest BCUT2D eigenvalue weighted by molar-refractivity contribution is 6.04. The molecular weight excluding hydrogens is 294 g/mol. The molecule has 0 aliphatic heterocycles. The first-order chi connectivity index (χ1) is 11.1. The van der Waals surface area contributed by atoms with E-state index in [1.54, 1.807) is 35.2 Å². The molecule has 0 aliphatic carbocycles. The minimum atomic E-state index is -0.281. The number of hydrogen-bond acceptors (Lipinski definition) is 4. The number of carbonyl (C=O) groups is 2. The lowest BCUT2D eigenvalue weighted by atomic mass is 10.1. The van der Waals surface area contributed by atoms with Crippen molar-refractivity contribution >= 4 is 17.5 Å². The number of nitrogens with one attached hydrogen (secondary N) is 1. The van der Waals surface area contributed by atoms with Gasteiger partial charge in [-0.05, 0) is 44.2 Å². The standard InChI is InChI=1S/C17H21N3O3/c1-3-20(4-2)17(22)12-5-7-14(8-6-12)19-16(21)13-9-15(10-18)23-11-13/h5-9,11H,3-4,10,18H2,1-2H3,(H,19,21). The monoisotopic (exact) mass is 315 g/mol. The van der Waals surface area contributed by atoms with Crippen molar-refractivity contribution in [1.29, 1.82) is 0 Å². The molecular formula is C17H21N3O3. The van der Waals surface area contributed by atoms with Gasteiger partial charge in [0, 0.05) is 24.3 Å². The fourth-order valence-electron chi connectivity index (χ4n) is 2.20. The number of nitrogens with zero attached hydrogens (tertiary/aromatic N) is 1. The van der Waals surface area contributed by atoms with Crippen molar-refractivity contribution in [3.8, 4) is 0 Å². The maximum absolute atomic E-state index is 12.2. The maximum Gasteiger partial charge on any atom is 0.258 e. The van der Waals surface area contributed by atoms with E-state index in [1.807, 2.05) is 13.8 Å². The van der Waals surface area contributed by atoms with E-state index in [1.165, 1.54) is 6.26 Å². The summed E-state index contributed by atoms with van der Waals surface area (Å²) in [5, 5.41) is 2.75. The Labute approximate surface area is 135 Å². The van der Waals surface area contributed by atoms with Gasteiger partial charge in [-0.1, -0.05) is 0 Å². The molecule has 23 heavy (non-hydrogen) atoms. The number of benzene rings is 1. The second kappa shape index (κ2) is 7.60. The van der Waals surface area contributed by atoms with Gasteiger partial charge in [0.25, 0.3) is 11.8 Å². The number of amides is 2. The Hall–Kier alpha value is -2.60. The van der Waals surface area contributed by atoms with Crippen LogP contribution in [0.2, 0.25) is 0 Å². The van der Waals surface area contributed by atoms with Gasteiger partial charge >= 0.3 is 0 Å². The van der Waals surface area contributed by atoms with Gasteiger partial charge in [-0.15, -0.1) is 0 Å². The molecule has 0 fully saturated rings. The van der Waals surface area contributed by atoms with Crippen LogP contribution in [0.5, 0.6) is 0 Å². The zero-order valence-corrected chi connectivity index (χ0v) is 13.3. The third-order valence-corrected chi connectivity index (χ3v) is 3.56. The van der Waals surface area contributed by atoms with Crippen molar-refractivity contribution in [2.75, 3.05) is 18.4 Å². The smallest absolute Gasteiger partial charge is 0.258 e. The summed E-state index contributed by atoms with van der Waals surface area (Å²) in [5.41, 5.74) is 7.07. The summed E-state index contributed by atoms with van der Waals surface area (Å²) in [7, 11) is 0. The highest BCUT2D eigenvalue weighted by Gasteiger charge is 2.13. The summed E-state index contributed by atoms with van der Waals surface area (Å²) < 4.78 is 5.14. The molecule has 2 rings (SSSR count). The van der Waals surface area contributed by atoms with E-state index in [4.69, 9.17) is 10.2 Å². The third kappa shape index (κ3) is 3.98. The molecule has 0 radical (unpaired) electrons. The van der Waals surface area contributed by atoms with Crippen LogP contribution in [-0.2, 0) is 6.54 Å². The minimum Gasteiger partial charge on any atom is -0.467 e. The molecule has 2 aromatic rings. The van der Waals surface area contributed by atoms with Crippen LogP contribution in [0, 0.1) is 0 Å². The van der Waals surface area contributed by atoms with Gasteiger partial charge in [0.2, 0.25) is 0 Å². The highest BCUT2D eigenvalue weighted by Crippen LogP contribution is 2.14. The molecule has 0 atom stereocenters. The Morgan fingerprint density at radius 3 is 2.30 bits per heavy atom. The van der Waals surface area contributed by atoms with Crippen LogP contribution in [0.15, 0.2) is 41.0 Å². The normalized spacial score (nSPS) is 10.4. The molecule has 2 amide bonds. The molecule has 0 spiro atoms. The summed E-state index contributed by atoms with van der Waals surface area (Å²) in [6, 6.07) is 8.43. The molecule has 6 heteroatoms. The molecule has 6 nitrogen and oxygen atoms in total. The lowest BCUT2D eigenvalue weighted by Crippen LogP contribution is -2.30. The molecule has 1 heterocycles. The van der Waals surface area contributed by atoms with Crippen molar-refractivity contribution in [2.45, 2.75) is 20.4 Å². The molecule has 0 bridgehead atoms. The van der Waals surface area contributed by atoms with Crippen LogP contribution in [0.3, 0.4) is 0 Å². The van der Waals surface area contributed by atoms with Crippen LogP contribution >= 0.6 is 0 Å². The summed E-state index contributed by atoms with van der Waals surface area (Å²) in [6.45, 7) is 5.46. The predicted octanol–water partition coefficient (Wildman–Crippen LogP) is 2.47. The SMILES string of the molecule is CCN(CC)C(=O)c1ccc(NC(=O)c2coc(CN)c2)cc1.